The fourth-order valence-electron chi connectivity index (χ4n) is 5.31. The van der Waals surface area contributed by atoms with Crippen LogP contribution >= 0.6 is 0 Å². The second kappa shape index (κ2) is 9.22. The van der Waals surface area contributed by atoms with Gasteiger partial charge in [0.25, 0.3) is 5.91 Å². The van der Waals surface area contributed by atoms with Crippen LogP contribution in [0.4, 0.5) is 4.79 Å². The molecule has 0 atom stereocenters. The molecule has 0 saturated carbocycles. The Morgan fingerprint density at radius 1 is 1.06 bits per heavy atom. The minimum Gasteiger partial charge on any atom is -0.342 e. The molecule has 3 aliphatic heterocycles. The van der Waals surface area contributed by atoms with Gasteiger partial charge in [0.1, 0.15) is 5.54 Å². The number of benzene rings is 1. The molecule has 0 bridgehead atoms. The van der Waals surface area contributed by atoms with Crippen molar-refractivity contribution >= 4 is 17.8 Å². The highest BCUT2D eigenvalue weighted by atomic mass is 16.2. The third-order valence-electron chi connectivity index (χ3n) is 7.18. The molecular formula is C25H36N4O3. The maximum absolute atomic E-state index is 13.3. The number of hydrogen-bond donors (Lipinski definition) is 1. The Hall–Kier alpha value is -2.41. The largest absolute Gasteiger partial charge is 0.342 e. The lowest BCUT2D eigenvalue weighted by molar-refractivity contribution is -0.136. The summed E-state index contributed by atoms with van der Waals surface area (Å²) in [7, 11) is 0. The quantitative estimate of drug-likeness (QED) is 0.715. The van der Waals surface area contributed by atoms with E-state index in [4.69, 9.17) is 0 Å². The minimum atomic E-state index is -0.733. The average molecular weight is 441 g/mol. The van der Waals surface area contributed by atoms with Crippen molar-refractivity contribution in [1.29, 1.82) is 0 Å². The number of carbonyl (C=O) groups excluding carboxylic acids is 3. The van der Waals surface area contributed by atoms with E-state index < -0.39 is 5.54 Å². The molecule has 0 aromatic heterocycles. The summed E-state index contributed by atoms with van der Waals surface area (Å²) < 4.78 is 0. The molecule has 3 saturated heterocycles. The van der Waals surface area contributed by atoms with Crippen LogP contribution in [0, 0.1) is 12.8 Å². The summed E-state index contributed by atoms with van der Waals surface area (Å²) in [6, 6.07) is 7.67. The third kappa shape index (κ3) is 4.68. The van der Waals surface area contributed by atoms with Gasteiger partial charge in [-0.05, 0) is 44.1 Å². The van der Waals surface area contributed by atoms with Gasteiger partial charge in [-0.15, -0.1) is 0 Å². The fourth-order valence-corrected chi connectivity index (χ4v) is 5.31. The fraction of sp³-hybridized carbons (Fsp3) is 0.640. The number of nitrogens with one attached hydrogen (secondary N) is 1. The van der Waals surface area contributed by atoms with Crippen LogP contribution < -0.4 is 5.32 Å². The van der Waals surface area contributed by atoms with E-state index >= 15 is 0 Å². The van der Waals surface area contributed by atoms with Crippen LogP contribution in [0.25, 0.3) is 0 Å². The number of aryl methyl sites for hydroxylation is 1. The zero-order valence-corrected chi connectivity index (χ0v) is 19.6. The van der Waals surface area contributed by atoms with E-state index in [0.29, 0.717) is 51.1 Å². The molecular weight excluding hydrogens is 404 g/mol. The number of likely N-dealkylation sites (tertiary alicyclic amines) is 2. The smallest absolute Gasteiger partial charge is 0.325 e. The molecule has 32 heavy (non-hydrogen) atoms. The van der Waals surface area contributed by atoms with E-state index in [9.17, 15) is 14.4 Å². The van der Waals surface area contributed by atoms with Gasteiger partial charge in [-0.1, -0.05) is 43.7 Å². The van der Waals surface area contributed by atoms with Gasteiger partial charge < -0.3 is 15.1 Å². The number of piperidine rings is 2. The van der Waals surface area contributed by atoms with Crippen molar-refractivity contribution in [1.82, 2.24) is 20.0 Å². The molecule has 1 aromatic carbocycles. The monoisotopic (exact) mass is 440 g/mol. The maximum Gasteiger partial charge on any atom is 0.325 e. The Bertz CT molecular complexity index is 850. The molecule has 7 nitrogen and oxygen atoms in total. The van der Waals surface area contributed by atoms with Crippen LogP contribution in [-0.2, 0) is 16.0 Å². The Morgan fingerprint density at radius 3 is 2.28 bits per heavy atom. The van der Waals surface area contributed by atoms with Crippen LogP contribution in [0.3, 0.4) is 0 Å². The maximum atomic E-state index is 13.3. The minimum absolute atomic E-state index is 0.0591. The van der Waals surface area contributed by atoms with Crippen LogP contribution in [-0.4, -0.2) is 76.8 Å². The SMILES string of the molecule is Cc1ccc(CC(=O)N2CCC(N3C(=O)NC4(CCN(CC(C)C)CC4)C3=O)CC2)cc1. The first-order chi connectivity index (χ1) is 15.3. The van der Waals surface area contributed by atoms with E-state index in [1.807, 2.05) is 36.1 Å². The summed E-state index contributed by atoms with van der Waals surface area (Å²) in [5, 5.41) is 3.04. The van der Waals surface area contributed by atoms with Crippen molar-refractivity contribution in [2.75, 3.05) is 32.7 Å². The summed E-state index contributed by atoms with van der Waals surface area (Å²) >= 11 is 0. The van der Waals surface area contributed by atoms with Crippen molar-refractivity contribution in [2.45, 2.75) is 64.5 Å². The number of nitrogens with zero attached hydrogens (tertiary/aromatic N) is 3. The molecule has 1 spiro atoms. The molecule has 1 N–H and O–H groups in total. The molecule has 4 amide bonds. The molecule has 1 aromatic rings. The van der Waals surface area contributed by atoms with Gasteiger partial charge in [0.2, 0.25) is 5.91 Å². The average Bonchev–Trinajstić information content (AvgIpc) is 3.00. The van der Waals surface area contributed by atoms with E-state index in [0.717, 1.165) is 25.2 Å². The molecule has 0 radical (unpaired) electrons. The molecule has 3 aliphatic rings. The number of imide groups is 1. The number of urea groups is 1. The van der Waals surface area contributed by atoms with E-state index in [2.05, 4.69) is 24.1 Å². The van der Waals surface area contributed by atoms with Gasteiger partial charge >= 0.3 is 6.03 Å². The molecule has 3 fully saturated rings. The second-order valence-corrected chi connectivity index (χ2v) is 10.2. The Balaban J connectivity index is 1.31. The summed E-state index contributed by atoms with van der Waals surface area (Å²) in [5.74, 6) is 0.642. The topological polar surface area (TPSA) is 73.0 Å². The lowest BCUT2D eigenvalue weighted by atomic mass is 9.86. The number of carbonyl (C=O) groups is 3. The lowest BCUT2D eigenvalue weighted by Gasteiger charge is -2.39. The van der Waals surface area contributed by atoms with Gasteiger partial charge in [-0.2, -0.15) is 0 Å². The normalized spacial score (nSPS) is 22.1. The standard InChI is InChI=1S/C25H36N4O3/c1-18(2)17-27-14-10-25(11-15-27)23(31)29(24(32)26-25)21-8-12-28(13-9-21)22(30)16-20-6-4-19(3)5-7-20/h4-7,18,21H,8-17H2,1-3H3,(H,26,32). The van der Waals surface area contributed by atoms with E-state index in [1.165, 1.54) is 10.5 Å². The van der Waals surface area contributed by atoms with Gasteiger partial charge in [0.05, 0.1) is 6.42 Å². The van der Waals surface area contributed by atoms with Gasteiger partial charge in [-0.3, -0.25) is 14.5 Å². The van der Waals surface area contributed by atoms with Crippen molar-refractivity contribution in [3.63, 3.8) is 0 Å². The molecule has 0 unspecified atom stereocenters. The predicted octanol–water partition coefficient (Wildman–Crippen LogP) is 2.57. The first-order valence-electron chi connectivity index (χ1n) is 12.0. The number of amides is 4. The Labute approximate surface area is 191 Å². The first-order valence-corrected chi connectivity index (χ1v) is 12.0. The zero-order valence-electron chi connectivity index (χ0n) is 19.6. The molecule has 174 valence electrons. The summed E-state index contributed by atoms with van der Waals surface area (Å²) in [6.07, 6.45) is 3.04. The van der Waals surface area contributed by atoms with Gasteiger partial charge in [0, 0.05) is 38.8 Å². The molecule has 3 heterocycles. The summed E-state index contributed by atoms with van der Waals surface area (Å²) in [6.45, 7) is 10.3. The summed E-state index contributed by atoms with van der Waals surface area (Å²) in [4.78, 5) is 44.6. The van der Waals surface area contributed by atoms with Crippen LogP contribution in [0.5, 0.6) is 0 Å². The number of rotatable bonds is 5. The highest BCUT2D eigenvalue weighted by Gasteiger charge is 2.54. The molecule has 4 rings (SSSR count). The third-order valence-corrected chi connectivity index (χ3v) is 7.18. The van der Waals surface area contributed by atoms with E-state index in [1.54, 1.807) is 0 Å². The van der Waals surface area contributed by atoms with Crippen LogP contribution in [0.1, 0.15) is 50.7 Å². The molecule has 0 aliphatic carbocycles. The van der Waals surface area contributed by atoms with Gasteiger partial charge in [-0.25, -0.2) is 4.79 Å². The predicted molar refractivity (Wildman–Crippen MR) is 123 cm³/mol. The Kier molecular flexibility index (Phi) is 6.56. The van der Waals surface area contributed by atoms with Crippen LogP contribution in [0.15, 0.2) is 24.3 Å². The van der Waals surface area contributed by atoms with Crippen molar-refractivity contribution in [2.24, 2.45) is 5.92 Å². The highest BCUT2D eigenvalue weighted by molar-refractivity contribution is 6.07. The van der Waals surface area contributed by atoms with Crippen molar-refractivity contribution in [3.05, 3.63) is 35.4 Å². The lowest BCUT2D eigenvalue weighted by Crippen LogP contribution is -2.56. The first kappa shape index (κ1) is 22.8. The summed E-state index contributed by atoms with van der Waals surface area (Å²) in [5.41, 5.74) is 1.46. The van der Waals surface area contributed by atoms with E-state index in [-0.39, 0.29) is 23.9 Å². The molecule has 7 heteroatoms. The zero-order chi connectivity index (χ0) is 22.9. The number of hydrogen-bond acceptors (Lipinski definition) is 4. The highest BCUT2D eigenvalue weighted by Crippen LogP contribution is 2.33. The van der Waals surface area contributed by atoms with Gasteiger partial charge in [0.15, 0.2) is 0 Å². The van der Waals surface area contributed by atoms with Crippen LogP contribution in [0.2, 0.25) is 0 Å². The van der Waals surface area contributed by atoms with Crippen molar-refractivity contribution in [3.8, 4) is 0 Å². The second-order valence-electron chi connectivity index (χ2n) is 10.2. The van der Waals surface area contributed by atoms with Crippen molar-refractivity contribution < 1.29 is 14.4 Å². The Morgan fingerprint density at radius 2 is 1.69 bits per heavy atom.